The van der Waals surface area contributed by atoms with Crippen LogP contribution >= 0.6 is 0 Å². The number of benzene rings is 9. The molecule has 11 rings (SSSR count). The molecule has 0 atom stereocenters. The van der Waals surface area contributed by atoms with Crippen molar-refractivity contribution in [3.05, 3.63) is 200 Å². The third-order valence-electron chi connectivity index (χ3n) is 11.1. The van der Waals surface area contributed by atoms with Crippen LogP contribution in [-0.2, 0) is 0 Å². The van der Waals surface area contributed by atoms with E-state index >= 15 is 0 Å². The lowest BCUT2D eigenvalue weighted by Crippen LogP contribution is -1.96. The van der Waals surface area contributed by atoms with Crippen LogP contribution in [0.1, 0.15) is 0 Å². The lowest BCUT2D eigenvalue weighted by molar-refractivity contribution is 1.19. The van der Waals surface area contributed by atoms with Crippen LogP contribution in [0.15, 0.2) is 200 Å². The first-order valence-electron chi connectivity index (χ1n) is 18.6. The fourth-order valence-corrected chi connectivity index (χ4v) is 8.55. The second kappa shape index (κ2) is 12.2. The van der Waals surface area contributed by atoms with Crippen LogP contribution in [0.2, 0.25) is 0 Å². The van der Waals surface area contributed by atoms with Crippen molar-refractivity contribution in [2.75, 3.05) is 5.32 Å². The number of nitrogens with zero attached hydrogens (tertiary/aromatic N) is 1. The molecule has 2 heterocycles. The van der Waals surface area contributed by atoms with Gasteiger partial charge in [0.25, 0.3) is 0 Å². The minimum Gasteiger partial charge on any atom is -0.355 e. The normalized spacial score (nSPS) is 11.7. The quantitative estimate of drug-likeness (QED) is 0.191. The Bertz CT molecular complexity index is 3060. The lowest BCUT2D eigenvalue weighted by Gasteiger charge is -2.16. The summed E-state index contributed by atoms with van der Waals surface area (Å²) in [5.74, 6) is 0. The van der Waals surface area contributed by atoms with Crippen molar-refractivity contribution >= 4 is 44.0 Å². The smallest absolute Gasteiger partial charge is 0.0619 e. The molecule has 2 nitrogen and oxygen atoms in total. The number of para-hydroxylation sites is 1. The highest BCUT2D eigenvalue weighted by molar-refractivity contribution is 6.17. The predicted octanol–water partition coefficient (Wildman–Crippen LogP) is 14.3. The molecule has 9 aromatic carbocycles. The third-order valence-corrected chi connectivity index (χ3v) is 11.1. The van der Waals surface area contributed by atoms with E-state index in [9.17, 15) is 0 Å². The van der Waals surface area contributed by atoms with E-state index in [1.807, 2.05) is 0 Å². The van der Waals surface area contributed by atoms with E-state index < -0.39 is 0 Å². The van der Waals surface area contributed by atoms with Gasteiger partial charge in [-0.1, -0.05) is 152 Å². The van der Waals surface area contributed by atoms with Gasteiger partial charge in [0.2, 0.25) is 0 Å². The van der Waals surface area contributed by atoms with Gasteiger partial charge in [0.05, 0.1) is 16.7 Å². The molecule has 1 N–H and O–H groups in total. The highest BCUT2D eigenvalue weighted by Gasteiger charge is 2.25. The number of hydrogen-bond acceptors (Lipinski definition) is 1. The second-order valence-corrected chi connectivity index (χ2v) is 14.2. The van der Waals surface area contributed by atoms with Gasteiger partial charge in [-0.3, -0.25) is 0 Å². The summed E-state index contributed by atoms with van der Waals surface area (Å²) in [5.41, 5.74) is 18.0. The molecule has 1 aliphatic rings. The Morgan fingerprint density at radius 2 is 0.944 bits per heavy atom. The molecule has 0 bridgehead atoms. The van der Waals surface area contributed by atoms with E-state index in [4.69, 9.17) is 0 Å². The van der Waals surface area contributed by atoms with Crippen molar-refractivity contribution in [1.82, 2.24) is 4.57 Å². The van der Waals surface area contributed by atoms with E-state index in [-0.39, 0.29) is 0 Å². The molecule has 2 heteroatoms. The first-order valence-corrected chi connectivity index (χ1v) is 18.6. The molecule has 1 aliphatic heterocycles. The zero-order chi connectivity index (χ0) is 35.6. The van der Waals surface area contributed by atoms with E-state index in [1.54, 1.807) is 0 Å². The van der Waals surface area contributed by atoms with Crippen LogP contribution in [0.4, 0.5) is 11.4 Å². The number of aromatic nitrogens is 1. The molecule has 54 heavy (non-hydrogen) atoms. The van der Waals surface area contributed by atoms with Gasteiger partial charge in [-0.15, -0.1) is 0 Å². The second-order valence-electron chi connectivity index (χ2n) is 14.2. The number of fused-ring (bicyclic) bond motifs is 9. The Balaban J connectivity index is 1.08. The monoisotopic (exact) mass is 686 g/mol. The highest BCUT2D eigenvalue weighted by atomic mass is 15.0. The fraction of sp³-hybridized carbons (Fsp3) is 0. The first kappa shape index (κ1) is 30.5. The van der Waals surface area contributed by atoms with Crippen LogP contribution in [0, 0.1) is 0 Å². The fourth-order valence-electron chi connectivity index (χ4n) is 8.55. The standard InChI is InChI=1S/C52H34N2/c1-3-13-34(14-4-1)36-19-11-20-41(29-36)53-49-27-25-39(30-46(49)35-15-5-2-6-16-35)40-26-28-50-48(32-40)45-24-12-23-44-42-21-9-10-22-43(42)47-31-37-17-7-8-18-38(37)33-51(47)54(50)52(44)45/h1-33,53H. The van der Waals surface area contributed by atoms with Gasteiger partial charge in [0.1, 0.15) is 0 Å². The molecule has 0 radical (unpaired) electrons. The summed E-state index contributed by atoms with van der Waals surface area (Å²) >= 11 is 0. The van der Waals surface area contributed by atoms with Crippen molar-refractivity contribution < 1.29 is 0 Å². The van der Waals surface area contributed by atoms with Gasteiger partial charge in [-0.2, -0.15) is 0 Å². The van der Waals surface area contributed by atoms with E-state index in [0.29, 0.717) is 0 Å². The van der Waals surface area contributed by atoms with Crippen molar-refractivity contribution in [1.29, 1.82) is 0 Å². The summed E-state index contributed by atoms with van der Waals surface area (Å²) in [5, 5.41) is 8.79. The molecule has 1 aromatic heterocycles. The zero-order valence-corrected chi connectivity index (χ0v) is 29.5. The number of nitrogens with one attached hydrogen (secondary N) is 1. The van der Waals surface area contributed by atoms with Crippen molar-refractivity contribution in [2.24, 2.45) is 0 Å². The SMILES string of the molecule is c1ccc(-c2cccc(Nc3ccc(-c4ccc5c(c4)c4cccc6c4n5-c4cc5ccccc5cc4-c4ccccc4-6)cc3-c3ccccc3)c2)cc1. The van der Waals surface area contributed by atoms with Gasteiger partial charge in [-0.05, 0) is 98.2 Å². The maximum Gasteiger partial charge on any atom is 0.0619 e. The van der Waals surface area contributed by atoms with Gasteiger partial charge < -0.3 is 9.88 Å². The Kier molecular flexibility index (Phi) is 6.90. The average Bonchev–Trinajstić information content (AvgIpc) is 3.52. The molecular weight excluding hydrogens is 653 g/mol. The summed E-state index contributed by atoms with van der Waals surface area (Å²) < 4.78 is 2.51. The largest absolute Gasteiger partial charge is 0.355 e. The summed E-state index contributed by atoms with van der Waals surface area (Å²) in [6.45, 7) is 0. The molecule has 0 saturated heterocycles. The van der Waals surface area contributed by atoms with Crippen molar-refractivity contribution in [2.45, 2.75) is 0 Å². The molecule has 0 saturated carbocycles. The van der Waals surface area contributed by atoms with Crippen LogP contribution in [0.5, 0.6) is 0 Å². The Morgan fingerprint density at radius 1 is 0.333 bits per heavy atom. The van der Waals surface area contributed by atoms with Gasteiger partial charge >= 0.3 is 0 Å². The molecule has 252 valence electrons. The summed E-state index contributed by atoms with van der Waals surface area (Å²) in [7, 11) is 0. The highest BCUT2D eigenvalue weighted by Crippen LogP contribution is 2.48. The topological polar surface area (TPSA) is 17.0 Å². The summed E-state index contributed by atoms with van der Waals surface area (Å²) in [4.78, 5) is 0. The van der Waals surface area contributed by atoms with E-state index in [1.165, 1.54) is 88.3 Å². The summed E-state index contributed by atoms with van der Waals surface area (Å²) in [6, 6.07) is 72.9. The molecule has 10 aromatic rings. The molecule has 0 amide bonds. The van der Waals surface area contributed by atoms with E-state index in [0.717, 1.165) is 16.9 Å². The molecule has 0 fully saturated rings. The maximum atomic E-state index is 3.77. The molecule has 0 unspecified atom stereocenters. The van der Waals surface area contributed by atoms with E-state index in [2.05, 4.69) is 210 Å². The number of anilines is 2. The Hall–Kier alpha value is -7.16. The molecule has 0 spiro atoms. The first-order chi connectivity index (χ1) is 26.8. The maximum absolute atomic E-state index is 3.77. The zero-order valence-electron chi connectivity index (χ0n) is 29.5. The molecule has 0 aliphatic carbocycles. The average molecular weight is 687 g/mol. The summed E-state index contributed by atoms with van der Waals surface area (Å²) in [6.07, 6.45) is 0. The van der Waals surface area contributed by atoms with Crippen LogP contribution < -0.4 is 5.32 Å². The minimum absolute atomic E-state index is 1.06. The van der Waals surface area contributed by atoms with Crippen molar-refractivity contribution in [3.8, 4) is 61.3 Å². The minimum atomic E-state index is 1.06. The van der Waals surface area contributed by atoms with Crippen molar-refractivity contribution in [3.63, 3.8) is 0 Å². The van der Waals surface area contributed by atoms with Crippen LogP contribution in [-0.4, -0.2) is 4.57 Å². The molecular formula is C52H34N2. The Labute approximate surface area is 314 Å². The Morgan fingerprint density at radius 3 is 1.76 bits per heavy atom. The lowest BCUT2D eigenvalue weighted by atomic mass is 9.92. The van der Waals surface area contributed by atoms with Crippen LogP contribution in [0.25, 0.3) is 93.9 Å². The predicted molar refractivity (Wildman–Crippen MR) is 229 cm³/mol. The third kappa shape index (κ3) is 4.88. The number of hydrogen-bond donors (Lipinski definition) is 1. The van der Waals surface area contributed by atoms with Gasteiger partial charge in [0.15, 0.2) is 0 Å². The van der Waals surface area contributed by atoms with Crippen LogP contribution in [0.3, 0.4) is 0 Å². The number of rotatable bonds is 5. The van der Waals surface area contributed by atoms with Gasteiger partial charge in [0, 0.05) is 38.8 Å². The van der Waals surface area contributed by atoms with Gasteiger partial charge in [-0.25, -0.2) is 0 Å².